The average Bonchev–Trinajstić information content (AvgIpc) is 2.38. The summed E-state index contributed by atoms with van der Waals surface area (Å²) in [5.41, 5.74) is -1.29. The van der Waals surface area contributed by atoms with Crippen molar-refractivity contribution in [1.82, 2.24) is 0 Å². The van der Waals surface area contributed by atoms with Crippen LogP contribution in [0.3, 0.4) is 0 Å². The molecular weight excluding hydrogens is 269 g/mol. The first-order chi connectivity index (χ1) is 9.26. The van der Waals surface area contributed by atoms with Crippen molar-refractivity contribution in [2.45, 2.75) is 25.9 Å². The Morgan fingerprint density at radius 3 is 2.65 bits per heavy atom. The molecule has 0 radical (unpaired) electrons. The van der Waals surface area contributed by atoms with Crippen molar-refractivity contribution in [3.8, 4) is 0 Å². The molecule has 0 aromatic heterocycles. The van der Waals surface area contributed by atoms with E-state index in [9.17, 15) is 19.3 Å². The van der Waals surface area contributed by atoms with Gasteiger partial charge in [0.15, 0.2) is 0 Å². The second kappa shape index (κ2) is 6.42. The van der Waals surface area contributed by atoms with Gasteiger partial charge < -0.3 is 9.47 Å². The Labute approximate surface area is 115 Å². The van der Waals surface area contributed by atoms with Crippen molar-refractivity contribution >= 4 is 11.7 Å². The topological polar surface area (TPSA) is 78.7 Å². The lowest BCUT2D eigenvalue weighted by atomic mass is 10.1. The third-order valence-corrected chi connectivity index (χ3v) is 2.87. The Bertz CT molecular complexity index is 515. The van der Waals surface area contributed by atoms with Crippen LogP contribution in [0.1, 0.15) is 30.6 Å². The van der Waals surface area contributed by atoms with Crippen molar-refractivity contribution in [2.75, 3.05) is 13.7 Å². The fourth-order valence-corrected chi connectivity index (χ4v) is 1.35. The normalized spacial score (nSPS) is 11.2. The lowest BCUT2D eigenvalue weighted by Crippen LogP contribution is -2.25. The first-order valence-electron chi connectivity index (χ1n) is 5.93. The van der Waals surface area contributed by atoms with E-state index in [2.05, 4.69) is 0 Å². The lowest BCUT2D eigenvalue weighted by Gasteiger charge is -2.22. The van der Waals surface area contributed by atoms with Gasteiger partial charge in [0.1, 0.15) is 11.4 Å². The molecule has 0 heterocycles. The van der Waals surface area contributed by atoms with Crippen molar-refractivity contribution in [3.63, 3.8) is 0 Å². The highest BCUT2D eigenvalue weighted by Gasteiger charge is 2.20. The minimum Gasteiger partial charge on any atom is -0.462 e. The second-order valence-electron chi connectivity index (χ2n) is 4.77. The lowest BCUT2D eigenvalue weighted by molar-refractivity contribution is -0.384. The van der Waals surface area contributed by atoms with Crippen LogP contribution in [0.4, 0.5) is 10.1 Å². The highest BCUT2D eigenvalue weighted by atomic mass is 19.1. The summed E-state index contributed by atoms with van der Waals surface area (Å²) >= 11 is 0. The molecule has 0 unspecified atom stereocenters. The van der Waals surface area contributed by atoms with Crippen LogP contribution in [0.5, 0.6) is 0 Å². The zero-order chi connectivity index (χ0) is 15.3. The van der Waals surface area contributed by atoms with Crippen LogP contribution in [0.2, 0.25) is 0 Å². The molecule has 1 aromatic rings. The van der Waals surface area contributed by atoms with E-state index in [0.717, 1.165) is 18.2 Å². The monoisotopic (exact) mass is 285 g/mol. The molecule has 0 saturated heterocycles. The summed E-state index contributed by atoms with van der Waals surface area (Å²) in [6.45, 7) is 3.66. The van der Waals surface area contributed by atoms with Gasteiger partial charge in [0.05, 0.1) is 17.1 Å². The molecule has 6 nitrogen and oxygen atoms in total. The minimum absolute atomic E-state index is 0.0296. The fraction of sp³-hybridized carbons (Fsp3) is 0.462. The molecule has 1 aromatic carbocycles. The molecule has 110 valence electrons. The summed E-state index contributed by atoms with van der Waals surface area (Å²) in [6.07, 6.45) is 0.422. The van der Waals surface area contributed by atoms with Crippen LogP contribution in [0.15, 0.2) is 18.2 Å². The summed E-state index contributed by atoms with van der Waals surface area (Å²) < 4.78 is 23.5. The number of carbonyl (C=O) groups excluding carboxylic acids is 1. The maximum atomic E-state index is 13.5. The molecular formula is C13H16FNO5. The number of nitro benzene ring substituents is 1. The smallest absolute Gasteiger partial charge is 0.341 e. The number of hydrogen-bond acceptors (Lipinski definition) is 5. The first-order valence-corrected chi connectivity index (χ1v) is 5.93. The van der Waals surface area contributed by atoms with Crippen molar-refractivity contribution in [2.24, 2.45) is 0 Å². The number of benzene rings is 1. The molecule has 0 aliphatic rings. The van der Waals surface area contributed by atoms with E-state index in [0.29, 0.717) is 6.42 Å². The van der Waals surface area contributed by atoms with Crippen LogP contribution >= 0.6 is 0 Å². The van der Waals surface area contributed by atoms with Gasteiger partial charge in [0, 0.05) is 25.7 Å². The van der Waals surface area contributed by atoms with Gasteiger partial charge in [-0.2, -0.15) is 0 Å². The Morgan fingerprint density at radius 2 is 2.10 bits per heavy atom. The largest absolute Gasteiger partial charge is 0.462 e. The van der Waals surface area contributed by atoms with Crippen molar-refractivity contribution in [1.29, 1.82) is 0 Å². The third-order valence-electron chi connectivity index (χ3n) is 2.87. The van der Waals surface area contributed by atoms with Crippen LogP contribution in [-0.2, 0) is 9.47 Å². The van der Waals surface area contributed by atoms with Crippen LogP contribution in [-0.4, -0.2) is 30.2 Å². The zero-order valence-electron chi connectivity index (χ0n) is 11.5. The number of carbonyl (C=O) groups is 1. The molecule has 0 N–H and O–H groups in total. The standard InChI is InChI=1S/C13H16FNO5/c1-13(2,19-3)6-7-20-12(16)10-8-9(15(17)18)4-5-11(10)14/h4-5,8H,6-7H2,1-3H3. The zero-order valence-corrected chi connectivity index (χ0v) is 11.5. The van der Waals surface area contributed by atoms with Gasteiger partial charge in [-0.1, -0.05) is 0 Å². The van der Waals surface area contributed by atoms with E-state index in [4.69, 9.17) is 9.47 Å². The number of nitro groups is 1. The highest BCUT2D eigenvalue weighted by molar-refractivity contribution is 5.90. The van der Waals surface area contributed by atoms with Gasteiger partial charge in [-0.3, -0.25) is 10.1 Å². The van der Waals surface area contributed by atoms with Crippen molar-refractivity contribution in [3.05, 3.63) is 39.7 Å². The molecule has 0 fully saturated rings. The molecule has 0 saturated carbocycles. The summed E-state index contributed by atoms with van der Waals surface area (Å²) in [7, 11) is 1.53. The Hall–Kier alpha value is -2.02. The van der Waals surface area contributed by atoms with Crippen molar-refractivity contribution < 1.29 is 23.6 Å². The summed E-state index contributed by atoms with van der Waals surface area (Å²) in [6, 6.07) is 2.72. The predicted molar refractivity (Wildman–Crippen MR) is 69.0 cm³/mol. The number of methoxy groups -OCH3 is 1. The number of nitrogens with zero attached hydrogens (tertiary/aromatic N) is 1. The molecule has 20 heavy (non-hydrogen) atoms. The first kappa shape index (κ1) is 16.0. The van der Waals surface area contributed by atoms with Gasteiger partial charge in [0.25, 0.3) is 5.69 Å². The number of rotatable bonds is 6. The third kappa shape index (κ3) is 4.27. The minimum atomic E-state index is -0.932. The van der Waals surface area contributed by atoms with E-state index in [1.807, 2.05) is 13.8 Å². The van der Waals surface area contributed by atoms with Gasteiger partial charge in [-0.05, 0) is 19.9 Å². The Kier molecular flexibility index (Phi) is 5.15. The summed E-state index contributed by atoms with van der Waals surface area (Å²) in [5.74, 6) is -1.79. The number of ether oxygens (including phenoxy) is 2. The predicted octanol–water partition coefficient (Wildman–Crippen LogP) is 2.71. The maximum absolute atomic E-state index is 13.5. The number of esters is 1. The van der Waals surface area contributed by atoms with Gasteiger partial charge in [0.2, 0.25) is 0 Å². The fourth-order valence-electron chi connectivity index (χ4n) is 1.35. The SMILES string of the molecule is COC(C)(C)CCOC(=O)c1cc([N+](=O)[O-])ccc1F. The van der Waals surface area contributed by atoms with E-state index in [1.165, 1.54) is 7.11 Å². The van der Waals surface area contributed by atoms with E-state index in [-0.39, 0.29) is 12.3 Å². The number of halogens is 1. The number of hydrogen-bond donors (Lipinski definition) is 0. The quantitative estimate of drug-likeness (QED) is 0.456. The van der Waals surface area contributed by atoms with Crippen LogP contribution in [0.25, 0.3) is 0 Å². The summed E-state index contributed by atoms with van der Waals surface area (Å²) in [4.78, 5) is 21.6. The van der Waals surface area contributed by atoms with E-state index in [1.54, 1.807) is 0 Å². The van der Waals surface area contributed by atoms with Crippen LogP contribution < -0.4 is 0 Å². The summed E-state index contributed by atoms with van der Waals surface area (Å²) in [5, 5.41) is 10.6. The van der Waals surface area contributed by atoms with Gasteiger partial charge in [-0.25, -0.2) is 9.18 Å². The Morgan fingerprint density at radius 1 is 1.45 bits per heavy atom. The number of non-ortho nitro benzene ring substituents is 1. The molecule has 0 spiro atoms. The second-order valence-corrected chi connectivity index (χ2v) is 4.77. The van der Waals surface area contributed by atoms with Gasteiger partial charge in [-0.15, -0.1) is 0 Å². The van der Waals surface area contributed by atoms with E-state index < -0.39 is 27.9 Å². The maximum Gasteiger partial charge on any atom is 0.341 e. The van der Waals surface area contributed by atoms with Crippen LogP contribution in [0, 0.1) is 15.9 Å². The highest BCUT2D eigenvalue weighted by Crippen LogP contribution is 2.18. The van der Waals surface area contributed by atoms with Gasteiger partial charge >= 0.3 is 5.97 Å². The molecule has 0 amide bonds. The molecule has 0 atom stereocenters. The van der Waals surface area contributed by atoms with E-state index >= 15 is 0 Å². The molecule has 0 aliphatic heterocycles. The average molecular weight is 285 g/mol. The Balaban J connectivity index is 2.73. The molecule has 1 rings (SSSR count). The molecule has 0 bridgehead atoms. The molecule has 0 aliphatic carbocycles. The molecule has 7 heteroatoms.